The number of pyridine rings is 1. The Morgan fingerprint density at radius 1 is 1.00 bits per heavy atom. The average Bonchev–Trinajstić information content (AvgIpc) is 2.56. The largest absolute Gasteiger partial charge is 0.354 e. The first-order valence-corrected chi connectivity index (χ1v) is 7.39. The Bertz CT molecular complexity index is 606. The predicted octanol–water partition coefficient (Wildman–Crippen LogP) is 3.45. The van der Waals surface area contributed by atoms with Crippen molar-refractivity contribution in [3.8, 4) is 0 Å². The number of amides is 1. The number of anilines is 2. The van der Waals surface area contributed by atoms with Gasteiger partial charge in [0.1, 0.15) is 0 Å². The Morgan fingerprint density at radius 2 is 1.76 bits per heavy atom. The van der Waals surface area contributed by atoms with E-state index in [1.807, 2.05) is 41.3 Å². The second-order valence-corrected chi connectivity index (χ2v) is 5.31. The highest BCUT2D eigenvalue weighted by Gasteiger charge is 2.18. The van der Waals surface area contributed by atoms with E-state index in [1.54, 1.807) is 12.4 Å². The smallest absolute Gasteiger partial charge is 0.255 e. The monoisotopic (exact) mass is 281 g/mol. The van der Waals surface area contributed by atoms with Gasteiger partial charge in [0.2, 0.25) is 0 Å². The van der Waals surface area contributed by atoms with Gasteiger partial charge in [0.05, 0.1) is 17.4 Å². The molecule has 108 valence electrons. The summed E-state index contributed by atoms with van der Waals surface area (Å²) in [6.07, 6.45) is 6.80. The molecular weight excluding hydrogens is 262 g/mol. The van der Waals surface area contributed by atoms with E-state index in [1.165, 1.54) is 6.42 Å². The van der Waals surface area contributed by atoms with Crippen molar-refractivity contribution in [2.24, 2.45) is 0 Å². The molecule has 1 saturated heterocycles. The Balaban J connectivity index is 1.75. The summed E-state index contributed by atoms with van der Waals surface area (Å²) in [7, 11) is 0. The molecule has 4 heteroatoms. The summed E-state index contributed by atoms with van der Waals surface area (Å²) in [5.41, 5.74) is 2.48. The number of rotatable bonds is 3. The van der Waals surface area contributed by atoms with Crippen LogP contribution in [0.2, 0.25) is 0 Å². The van der Waals surface area contributed by atoms with Gasteiger partial charge in [-0.1, -0.05) is 18.2 Å². The number of likely N-dealkylation sites (tertiary alicyclic amines) is 1. The average molecular weight is 281 g/mol. The number of carbonyl (C=O) groups is 1. The van der Waals surface area contributed by atoms with Crippen molar-refractivity contribution >= 4 is 17.3 Å². The van der Waals surface area contributed by atoms with E-state index in [9.17, 15) is 4.79 Å². The summed E-state index contributed by atoms with van der Waals surface area (Å²) >= 11 is 0. The zero-order chi connectivity index (χ0) is 14.5. The molecule has 0 aliphatic carbocycles. The molecule has 2 aromatic rings. The summed E-state index contributed by atoms with van der Waals surface area (Å²) in [6.45, 7) is 1.71. The number of para-hydroxylation sites is 1. The lowest BCUT2D eigenvalue weighted by Gasteiger charge is -2.26. The van der Waals surface area contributed by atoms with Crippen LogP contribution in [0, 0.1) is 0 Å². The number of nitrogens with one attached hydrogen (secondary N) is 1. The predicted molar refractivity (Wildman–Crippen MR) is 83.7 cm³/mol. The molecule has 0 atom stereocenters. The maximum atomic E-state index is 12.5. The fraction of sp³-hybridized carbons (Fsp3) is 0.294. The van der Waals surface area contributed by atoms with Crippen molar-refractivity contribution in [1.29, 1.82) is 0 Å². The van der Waals surface area contributed by atoms with Gasteiger partial charge in [0, 0.05) is 25.0 Å². The van der Waals surface area contributed by atoms with E-state index in [0.29, 0.717) is 5.56 Å². The summed E-state index contributed by atoms with van der Waals surface area (Å²) in [5.74, 6) is 0.0823. The third-order valence-electron chi connectivity index (χ3n) is 3.69. The van der Waals surface area contributed by atoms with Gasteiger partial charge in [-0.05, 0) is 37.5 Å². The Morgan fingerprint density at radius 3 is 2.52 bits per heavy atom. The zero-order valence-corrected chi connectivity index (χ0v) is 12.0. The number of nitrogens with zero attached hydrogens (tertiary/aromatic N) is 2. The topological polar surface area (TPSA) is 45.2 Å². The highest BCUT2D eigenvalue weighted by Crippen LogP contribution is 2.18. The maximum absolute atomic E-state index is 12.5. The van der Waals surface area contributed by atoms with E-state index < -0.39 is 0 Å². The highest BCUT2D eigenvalue weighted by molar-refractivity contribution is 5.95. The number of aromatic nitrogens is 1. The minimum Gasteiger partial charge on any atom is -0.354 e. The number of benzene rings is 1. The lowest BCUT2D eigenvalue weighted by Crippen LogP contribution is -2.35. The first-order chi connectivity index (χ1) is 10.3. The summed E-state index contributed by atoms with van der Waals surface area (Å²) in [5, 5.41) is 3.27. The zero-order valence-electron chi connectivity index (χ0n) is 12.0. The van der Waals surface area contributed by atoms with Crippen molar-refractivity contribution in [1.82, 2.24) is 9.88 Å². The van der Waals surface area contributed by atoms with Crippen LogP contribution in [0.1, 0.15) is 29.6 Å². The molecule has 0 unspecified atom stereocenters. The minimum atomic E-state index is 0.0823. The molecule has 0 spiro atoms. The molecule has 0 radical (unpaired) electrons. The van der Waals surface area contributed by atoms with Gasteiger partial charge in [0.15, 0.2) is 0 Å². The van der Waals surface area contributed by atoms with Crippen molar-refractivity contribution in [3.63, 3.8) is 0 Å². The van der Waals surface area contributed by atoms with Crippen molar-refractivity contribution in [2.45, 2.75) is 19.3 Å². The lowest BCUT2D eigenvalue weighted by atomic mass is 10.1. The Labute approximate surface area is 124 Å². The van der Waals surface area contributed by atoms with E-state index in [4.69, 9.17) is 0 Å². The van der Waals surface area contributed by atoms with E-state index in [2.05, 4.69) is 10.3 Å². The number of hydrogen-bond donors (Lipinski definition) is 1. The number of piperidine rings is 1. The van der Waals surface area contributed by atoms with Crippen molar-refractivity contribution in [2.75, 3.05) is 18.4 Å². The molecule has 1 aromatic carbocycles. The van der Waals surface area contributed by atoms with Gasteiger partial charge in [-0.3, -0.25) is 9.78 Å². The maximum Gasteiger partial charge on any atom is 0.255 e. The Kier molecular flexibility index (Phi) is 4.15. The third kappa shape index (κ3) is 3.40. The molecule has 1 N–H and O–H groups in total. The van der Waals surface area contributed by atoms with Crippen LogP contribution in [0.3, 0.4) is 0 Å². The van der Waals surface area contributed by atoms with Gasteiger partial charge in [0.25, 0.3) is 5.91 Å². The van der Waals surface area contributed by atoms with Gasteiger partial charge >= 0.3 is 0 Å². The molecule has 0 bridgehead atoms. The van der Waals surface area contributed by atoms with Crippen LogP contribution in [0.5, 0.6) is 0 Å². The molecule has 0 saturated carbocycles. The van der Waals surface area contributed by atoms with Crippen molar-refractivity contribution in [3.05, 3.63) is 54.4 Å². The molecule has 3 rings (SSSR count). The molecule has 4 nitrogen and oxygen atoms in total. The van der Waals surface area contributed by atoms with Crippen LogP contribution in [-0.2, 0) is 0 Å². The first kappa shape index (κ1) is 13.6. The van der Waals surface area contributed by atoms with Gasteiger partial charge in [-0.2, -0.15) is 0 Å². The van der Waals surface area contributed by atoms with Crippen LogP contribution in [-0.4, -0.2) is 28.9 Å². The van der Waals surface area contributed by atoms with Gasteiger partial charge < -0.3 is 10.2 Å². The summed E-state index contributed by atoms with van der Waals surface area (Å²) in [6, 6.07) is 11.8. The first-order valence-electron chi connectivity index (χ1n) is 7.39. The molecule has 1 amide bonds. The van der Waals surface area contributed by atoms with Crippen LogP contribution >= 0.6 is 0 Å². The standard InChI is InChI=1S/C17H19N3O/c21-17(20-9-5-2-6-10-20)14-11-16(13-18-12-14)19-15-7-3-1-4-8-15/h1,3-4,7-8,11-13,19H,2,5-6,9-10H2. The van der Waals surface area contributed by atoms with E-state index in [-0.39, 0.29) is 5.91 Å². The fourth-order valence-corrected chi connectivity index (χ4v) is 2.59. The van der Waals surface area contributed by atoms with Crippen LogP contribution in [0.25, 0.3) is 0 Å². The molecule has 21 heavy (non-hydrogen) atoms. The number of carbonyl (C=O) groups excluding carboxylic acids is 1. The normalized spacial score (nSPS) is 14.8. The molecule has 2 heterocycles. The highest BCUT2D eigenvalue weighted by atomic mass is 16.2. The second-order valence-electron chi connectivity index (χ2n) is 5.31. The summed E-state index contributed by atoms with van der Waals surface area (Å²) < 4.78 is 0. The van der Waals surface area contributed by atoms with Crippen LogP contribution in [0.4, 0.5) is 11.4 Å². The molecule has 1 aliphatic rings. The summed E-state index contributed by atoms with van der Waals surface area (Å²) in [4.78, 5) is 18.6. The van der Waals surface area contributed by atoms with Gasteiger partial charge in [-0.15, -0.1) is 0 Å². The fourth-order valence-electron chi connectivity index (χ4n) is 2.59. The third-order valence-corrected chi connectivity index (χ3v) is 3.69. The minimum absolute atomic E-state index is 0.0823. The van der Waals surface area contributed by atoms with Gasteiger partial charge in [-0.25, -0.2) is 0 Å². The van der Waals surface area contributed by atoms with Crippen molar-refractivity contribution < 1.29 is 4.79 Å². The SMILES string of the molecule is O=C(c1cncc(Nc2ccccc2)c1)N1CCCCC1. The van der Waals surface area contributed by atoms with Crippen LogP contribution in [0.15, 0.2) is 48.8 Å². The molecular formula is C17H19N3O. The molecule has 1 aromatic heterocycles. The molecule has 1 aliphatic heterocycles. The van der Waals surface area contributed by atoms with E-state index in [0.717, 1.165) is 37.3 Å². The van der Waals surface area contributed by atoms with Crippen LogP contribution < -0.4 is 5.32 Å². The van der Waals surface area contributed by atoms with E-state index >= 15 is 0 Å². The molecule has 1 fully saturated rings. The Hall–Kier alpha value is -2.36. The lowest BCUT2D eigenvalue weighted by molar-refractivity contribution is 0.0724. The number of hydrogen-bond acceptors (Lipinski definition) is 3. The second kappa shape index (κ2) is 6.39. The quantitative estimate of drug-likeness (QED) is 0.937.